The third-order valence-corrected chi connectivity index (χ3v) is 4.26. The lowest BCUT2D eigenvalue weighted by Crippen LogP contribution is -2.48. The molecule has 0 aliphatic carbocycles. The third kappa shape index (κ3) is 2.25. The van der Waals surface area contributed by atoms with Crippen molar-refractivity contribution in [2.75, 3.05) is 24.7 Å². The van der Waals surface area contributed by atoms with Crippen LogP contribution in [0.5, 0.6) is 11.5 Å². The number of hydrogen-bond acceptors (Lipinski definition) is 4. The number of nitrogens with one attached hydrogen (secondary N) is 2. The van der Waals surface area contributed by atoms with Gasteiger partial charge >= 0.3 is 6.98 Å². The predicted octanol–water partition coefficient (Wildman–Crippen LogP) is 3.09. The second kappa shape index (κ2) is 5.43. The Bertz CT molecular complexity index is 841. The van der Waals surface area contributed by atoms with Crippen LogP contribution in [0, 0.1) is 0 Å². The van der Waals surface area contributed by atoms with Crippen LogP contribution in [0.25, 0.3) is 10.8 Å². The van der Waals surface area contributed by atoms with Crippen molar-refractivity contribution >= 4 is 34.6 Å². The van der Waals surface area contributed by atoms with E-state index < -0.39 is 0 Å². The average molecular weight is 304 g/mol. The molecule has 0 amide bonds. The molecule has 5 heteroatoms. The van der Waals surface area contributed by atoms with Gasteiger partial charge in [-0.15, -0.1) is 0 Å². The summed E-state index contributed by atoms with van der Waals surface area (Å²) in [5.74, 6) is 1.57. The Kier molecular flexibility index (Phi) is 3.26. The van der Waals surface area contributed by atoms with Crippen molar-refractivity contribution in [1.29, 1.82) is 0 Å². The Morgan fingerprint density at radius 2 is 1.52 bits per heavy atom. The van der Waals surface area contributed by atoms with Crippen LogP contribution < -0.4 is 25.4 Å². The lowest BCUT2D eigenvalue weighted by molar-refractivity contribution is 0.396. The van der Waals surface area contributed by atoms with Crippen molar-refractivity contribution in [2.24, 2.45) is 0 Å². The third-order valence-electron chi connectivity index (χ3n) is 4.26. The summed E-state index contributed by atoms with van der Waals surface area (Å²) in [6.07, 6.45) is 0. The number of benzene rings is 3. The van der Waals surface area contributed by atoms with Gasteiger partial charge in [0.15, 0.2) is 0 Å². The van der Waals surface area contributed by atoms with Crippen molar-refractivity contribution in [3.05, 3.63) is 54.6 Å². The van der Waals surface area contributed by atoms with E-state index in [9.17, 15) is 0 Å². The van der Waals surface area contributed by atoms with Crippen molar-refractivity contribution in [1.82, 2.24) is 0 Å². The maximum Gasteiger partial charge on any atom is 0.409 e. The monoisotopic (exact) mass is 304 g/mol. The summed E-state index contributed by atoms with van der Waals surface area (Å²) < 4.78 is 10.8. The van der Waals surface area contributed by atoms with Gasteiger partial charge in [0.05, 0.1) is 14.2 Å². The maximum absolute atomic E-state index is 5.54. The quantitative estimate of drug-likeness (QED) is 0.730. The van der Waals surface area contributed by atoms with Gasteiger partial charge in [0.25, 0.3) is 0 Å². The van der Waals surface area contributed by atoms with E-state index in [1.807, 2.05) is 18.2 Å². The summed E-state index contributed by atoms with van der Waals surface area (Å²) >= 11 is 0. The molecule has 1 aliphatic rings. The topological polar surface area (TPSA) is 42.5 Å². The molecule has 0 atom stereocenters. The zero-order chi connectivity index (χ0) is 15.8. The SMILES string of the molecule is COc1ccc(B2Nc3cccc4cccc(c34)N2)c(OC)c1. The van der Waals surface area contributed by atoms with Gasteiger partial charge in [-0.1, -0.05) is 30.3 Å². The molecule has 0 bridgehead atoms. The fourth-order valence-electron chi connectivity index (χ4n) is 3.14. The predicted molar refractivity (Wildman–Crippen MR) is 96.1 cm³/mol. The van der Waals surface area contributed by atoms with E-state index >= 15 is 0 Å². The molecule has 2 N–H and O–H groups in total. The van der Waals surface area contributed by atoms with Crippen LogP contribution >= 0.6 is 0 Å². The van der Waals surface area contributed by atoms with E-state index in [1.54, 1.807) is 14.2 Å². The Labute approximate surface area is 135 Å². The minimum absolute atomic E-state index is 0.0589. The van der Waals surface area contributed by atoms with Crippen LogP contribution in [0.4, 0.5) is 11.4 Å². The van der Waals surface area contributed by atoms with Crippen LogP contribution in [-0.4, -0.2) is 21.2 Å². The summed E-state index contributed by atoms with van der Waals surface area (Å²) in [4.78, 5) is 0. The zero-order valence-electron chi connectivity index (χ0n) is 13.1. The number of hydrogen-bond donors (Lipinski definition) is 2. The summed E-state index contributed by atoms with van der Waals surface area (Å²) in [6, 6.07) is 18.5. The molecule has 23 heavy (non-hydrogen) atoms. The van der Waals surface area contributed by atoms with E-state index in [4.69, 9.17) is 9.47 Å². The second-order valence-electron chi connectivity index (χ2n) is 5.54. The number of rotatable bonds is 3. The van der Waals surface area contributed by atoms with E-state index in [2.05, 4.69) is 46.9 Å². The minimum Gasteiger partial charge on any atom is -0.497 e. The Hall–Kier alpha value is -2.82. The first-order valence-electron chi connectivity index (χ1n) is 7.57. The van der Waals surface area contributed by atoms with E-state index in [1.165, 1.54) is 10.8 Å². The molecule has 0 unspecified atom stereocenters. The normalized spacial score (nSPS) is 12.5. The highest BCUT2D eigenvalue weighted by Crippen LogP contribution is 2.34. The fraction of sp³-hybridized carbons (Fsp3) is 0.111. The molecule has 3 aromatic carbocycles. The number of ether oxygens (including phenoxy) is 2. The molecule has 0 saturated heterocycles. The second-order valence-corrected chi connectivity index (χ2v) is 5.54. The first-order chi connectivity index (χ1) is 11.3. The fourth-order valence-corrected chi connectivity index (χ4v) is 3.14. The first-order valence-corrected chi connectivity index (χ1v) is 7.57. The largest absolute Gasteiger partial charge is 0.497 e. The van der Waals surface area contributed by atoms with Crippen molar-refractivity contribution in [3.63, 3.8) is 0 Å². The summed E-state index contributed by atoms with van der Waals surface area (Å²) in [6.45, 7) is -0.0589. The summed E-state index contributed by atoms with van der Waals surface area (Å²) in [5.41, 5.74) is 3.29. The van der Waals surface area contributed by atoms with Crippen LogP contribution in [0.1, 0.15) is 0 Å². The Morgan fingerprint density at radius 1 is 0.826 bits per heavy atom. The zero-order valence-corrected chi connectivity index (χ0v) is 13.1. The first kappa shape index (κ1) is 13.8. The molecule has 0 fully saturated rings. The molecular weight excluding hydrogens is 287 g/mol. The van der Waals surface area contributed by atoms with E-state index in [-0.39, 0.29) is 6.98 Å². The molecule has 1 heterocycles. The van der Waals surface area contributed by atoms with Crippen LogP contribution in [0.2, 0.25) is 0 Å². The molecule has 0 saturated carbocycles. The van der Waals surface area contributed by atoms with E-state index in [0.717, 1.165) is 28.3 Å². The van der Waals surface area contributed by atoms with Gasteiger partial charge in [0, 0.05) is 28.3 Å². The standard InChI is InChI=1S/C18H17BN2O2/c1-22-13-9-10-14(17(11-13)23-2)19-20-15-7-3-5-12-6-4-8-16(21-19)18(12)15/h3-11,20-21H,1-2H3. The lowest BCUT2D eigenvalue weighted by Gasteiger charge is -2.27. The smallest absolute Gasteiger partial charge is 0.409 e. The van der Waals surface area contributed by atoms with E-state index in [0.29, 0.717) is 0 Å². The highest BCUT2D eigenvalue weighted by atomic mass is 16.5. The van der Waals surface area contributed by atoms with Crippen molar-refractivity contribution < 1.29 is 9.47 Å². The van der Waals surface area contributed by atoms with Crippen molar-refractivity contribution in [2.45, 2.75) is 0 Å². The van der Waals surface area contributed by atoms with Crippen molar-refractivity contribution in [3.8, 4) is 11.5 Å². The van der Waals surface area contributed by atoms with Crippen LogP contribution in [0.15, 0.2) is 54.6 Å². The molecule has 1 aliphatic heterocycles. The molecule has 3 aromatic rings. The number of methoxy groups -OCH3 is 2. The molecule has 114 valence electrons. The molecule has 0 aromatic heterocycles. The molecule has 0 radical (unpaired) electrons. The van der Waals surface area contributed by atoms with Gasteiger partial charge in [-0.25, -0.2) is 0 Å². The average Bonchev–Trinajstić information content (AvgIpc) is 2.61. The maximum atomic E-state index is 5.54. The highest BCUT2D eigenvalue weighted by molar-refractivity contribution is 6.80. The molecular formula is C18H17BN2O2. The van der Waals surface area contributed by atoms with Gasteiger partial charge < -0.3 is 19.9 Å². The summed E-state index contributed by atoms with van der Waals surface area (Å²) in [5, 5.41) is 9.56. The van der Waals surface area contributed by atoms with Gasteiger partial charge in [0.2, 0.25) is 0 Å². The highest BCUT2D eigenvalue weighted by Gasteiger charge is 2.28. The van der Waals surface area contributed by atoms with Gasteiger partial charge in [-0.05, 0) is 23.6 Å². The number of anilines is 2. The summed E-state index contributed by atoms with van der Waals surface area (Å²) in [7, 11) is 3.33. The van der Waals surface area contributed by atoms with Gasteiger partial charge in [0.1, 0.15) is 11.5 Å². The minimum atomic E-state index is -0.0589. The molecule has 4 rings (SSSR count). The lowest BCUT2D eigenvalue weighted by atomic mass is 9.65. The van der Waals surface area contributed by atoms with Gasteiger partial charge in [-0.3, -0.25) is 0 Å². The Balaban J connectivity index is 1.79. The molecule has 4 nitrogen and oxygen atoms in total. The van der Waals surface area contributed by atoms with Crippen LogP contribution in [0.3, 0.4) is 0 Å². The van der Waals surface area contributed by atoms with Crippen LogP contribution in [-0.2, 0) is 0 Å². The molecule has 0 spiro atoms. The Morgan fingerprint density at radius 3 is 2.13 bits per heavy atom. The van der Waals surface area contributed by atoms with Gasteiger partial charge in [-0.2, -0.15) is 0 Å².